The van der Waals surface area contributed by atoms with Gasteiger partial charge in [0.2, 0.25) is 0 Å². The normalized spacial score (nSPS) is 11.5. The van der Waals surface area contributed by atoms with Crippen LogP contribution < -0.4 is 5.32 Å². The molecule has 1 N–H and O–H groups in total. The number of hydrogen-bond donors (Lipinski definition) is 1. The Labute approximate surface area is 199 Å². The number of hydrogen-bond acceptors (Lipinski definition) is 7. The quantitative estimate of drug-likeness (QED) is 0.409. The van der Waals surface area contributed by atoms with Crippen LogP contribution in [-0.2, 0) is 4.74 Å². The second-order valence-corrected chi connectivity index (χ2v) is 8.70. The number of amides is 1. The highest BCUT2D eigenvalue weighted by Crippen LogP contribution is 2.34. The lowest BCUT2D eigenvalue weighted by atomic mass is 10.0. The van der Waals surface area contributed by atoms with E-state index in [9.17, 15) is 9.18 Å². The number of fused-ring (bicyclic) bond motifs is 1. The number of anilines is 1. The van der Waals surface area contributed by atoms with Crippen molar-refractivity contribution in [2.24, 2.45) is 0 Å². The summed E-state index contributed by atoms with van der Waals surface area (Å²) in [6.45, 7) is 5.32. The minimum atomic E-state index is -0.653. The molecule has 0 radical (unpaired) electrons. The molecule has 1 aromatic carbocycles. The molecule has 4 aromatic heterocycles. The molecule has 4 heterocycles. The van der Waals surface area contributed by atoms with E-state index in [0.29, 0.717) is 33.8 Å². The van der Waals surface area contributed by atoms with Crippen molar-refractivity contribution in [3.63, 3.8) is 0 Å². The van der Waals surface area contributed by atoms with Crippen molar-refractivity contribution in [3.8, 4) is 28.2 Å². The summed E-state index contributed by atoms with van der Waals surface area (Å²) in [5.41, 5.74) is 1.95. The van der Waals surface area contributed by atoms with Gasteiger partial charge in [0.25, 0.3) is 0 Å². The summed E-state index contributed by atoms with van der Waals surface area (Å²) in [5, 5.41) is 19.5. The van der Waals surface area contributed by atoms with Gasteiger partial charge < -0.3 is 4.74 Å². The molecule has 10 nitrogen and oxygen atoms in total. The third kappa shape index (κ3) is 4.69. The second-order valence-electron chi connectivity index (χ2n) is 8.70. The highest BCUT2D eigenvalue weighted by Gasteiger charge is 2.20. The molecule has 0 bridgehead atoms. The van der Waals surface area contributed by atoms with Gasteiger partial charge in [0.05, 0.1) is 0 Å². The van der Waals surface area contributed by atoms with Crippen molar-refractivity contribution in [2.75, 3.05) is 5.32 Å². The summed E-state index contributed by atoms with van der Waals surface area (Å²) in [5.74, 6) is 0.359. The Kier molecular flexibility index (Phi) is 5.44. The standard InChI is InChI=1S/C24H21FN8O2/c1-24(2,3)35-23(34)28-19-12-15(10-11-26-19)17-13-32(21-9-8-20-29-27-14-33(20)30-21)31-22(17)16-6-4-5-7-18(16)25/h4-14H,1-3H3,(H,26,28,34). The van der Waals surface area contributed by atoms with Crippen molar-refractivity contribution in [1.82, 2.24) is 34.6 Å². The molecule has 0 aliphatic carbocycles. The van der Waals surface area contributed by atoms with Crippen LogP contribution in [0.1, 0.15) is 20.8 Å². The third-order valence-corrected chi connectivity index (χ3v) is 4.93. The van der Waals surface area contributed by atoms with Gasteiger partial charge in [0.1, 0.15) is 29.3 Å². The number of ether oxygens (including phenoxy) is 1. The first kappa shape index (κ1) is 22.1. The van der Waals surface area contributed by atoms with Crippen LogP contribution in [0.2, 0.25) is 0 Å². The number of benzene rings is 1. The Morgan fingerprint density at radius 3 is 2.69 bits per heavy atom. The molecule has 0 spiro atoms. The number of halogens is 1. The molecular weight excluding hydrogens is 451 g/mol. The molecule has 11 heteroatoms. The average molecular weight is 472 g/mol. The number of carbonyl (C=O) groups is 1. The van der Waals surface area contributed by atoms with Crippen LogP contribution in [0, 0.1) is 5.82 Å². The Hall–Kier alpha value is -4.67. The van der Waals surface area contributed by atoms with Gasteiger partial charge in [-0.3, -0.25) is 5.32 Å². The number of carbonyl (C=O) groups excluding carboxylic acids is 1. The molecule has 0 saturated heterocycles. The maximum Gasteiger partial charge on any atom is 0.413 e. The van der Waals surface area contributed by atoms with E-state index < -0.39 is 17.5 Å². The first-order valence-electron chi connectivity index (χ1n) is 10.8. The molecule has 176 valence electrons. The zero-order chi connectivity index (χ0) is 24.6. The summed E-state index contributed by atoms with van der Waals surface area (Å²) in [7, 11) is 0. The molecule has 0 unspecified atom stereocenters. The van der Waals surface area contributed by atoms with E-state index in [2.05, 4.69) is 30.7 Å². The zero-order valence-corrected chi connectivity index (χ0v) is 19.2. The summed E-state index contributed by atoms with van der Waals surface area (Å²) < 4.78 is 23.2. The first-order chi connectivity index (χ1) is 16.8. The van der Waals surface area contributed by atoms with Crippen LogP contribution in [-0.4, -0.2) is 46.3 Å². The van der Waals surface area contributed by atoms with Crippen LogP contribution in [0.25, 0.3) is 33.8 Å². The number of nitrogens with one attached hydrogen (secondary N) is 1. The monoisotopic (exact) mass is 472 g/mol. The van der Waals surface area contributed by atoms with Gasteiger partial charge in [0.15, 0.2) is 11.5 Å². The van der Waals surface area contributed by atoms with Crippen molar-refractivity contribution in [3.05, 3.63) is 73.1 Å². The highest BCUT2D eigenvalue weighted by atomic mass is 19.1. The maximum absolute atomic E-state index is 14.8. The van der Waals surface area contributed by atoms with E-state index in [1.165, 1.54) is 16.9 Å². The fourth-order valence-corrected chi connectivity index (χ4v) is 3.47. The summed E-state index contributed by atoms with van der Waals surface area (Å²) in [6.07, 6.45) is 4.15. The molecule has 0 fully saturated rings. The molecule has 0 aliphatic heterocycles. The van der Waals surface area contributed by atoms with Crippen LogP contribution in [0.4, 0.5) is 15.0 Å². The number of aromatic nitrogens is 7. The predicted octanol–water partition coefficient (Wildman–Crippen LogP) is 4.53. The molecular formula is C24H21FN8O2. The summed E-state index contributed by atoms with van der Waals surface area (Å²) >= 11 is 0. The van der Waals surface area contributed by atoms with E-state index in [1.807, 2.05) is 0 Å². The van der Waals surface area contributed by atoms with Gasteiger partial charge >= 0.3 is 6.09 Å². The van der Waals surface area contributed by atoms with E-state index in [0.717, 1.165) is 0 Å². The minimum Gasteiger partial charge on any atom is -0.444 e. The number of pyridine rings is 1. The van der Waals surface area contributed by atoms with Crippen molar-refractivity contribution in [2.45, 2.75) is 26.4 Å². The van der Waals surface area contributed by atoms with Crippen molar-refractivity contribution in [1.29, 1.82) is 0 Å². The van der Waals surface area contributed by atoms with Gasteiger partial charge in [-0.2, -0.15) is 9.61 Å². The first-order valence-corrected chi connectivity index (χ1v) is 10.8. The molecule has 1 amide bonds. The van der Waals surface area contributed by atoms with Crippen LogP contribution in [0.5, 0.6) is 0 Å². The largest absolute Gasteiger partial charge is 0.444 e. The van der Waals surface area contributed by atoms with Gasteiger partial charge in [-0.15, -0.1) is 15.3 Å². The lowest BCUT2D eigenvalue weighted by Gasteiger charge is -2.19. The lowest BCUT2D eigenvalue weighted by molar-refractivity contribution is 0.0635. The molecule has 35 heavy (non-hydrogen) atoms. The molecule has 5 rings (SSSR count). The Morgan fingerprint density at radius 2 is 1.89 bits per heavy atom. The van der Waals surface area contributed by atoms with Crippen molar-refractivity contribution < 1.29 is 13.9 Å². The van der Waals surface area contributed by atoms with E-state index in [1.54, 1.807) is 80.3 Å². The van der Waals surface area contributed by atoms with Crippen LogP contribution in [0.3, 0.4) is 0 Å². The fourth-order valence-electron chi connectivity index (χ4n) is 3.47. The van der Waals surface area contributed by atoms with Gasteiger partial charge in [-0.25, -0.2) is 18.9 Å². The molecule has 5 aromatic rings. The van der Waals surface area contributed by atoms with Crippen LogP contribution in [0.15, 0.2) is 67.3 Å². The molecule has 0 saturated carbocycles. The Bertz CT molecular complexity index is 1540. The van der Waals surface area contributed by atoms with E-state index in [-0.39, 0.29) is 5.82 Å². The van der Waals surface area contributed by atoms with Gasteiger partial charge in [0, 0.05) is 23.5 Å². The zero-order valence-electron chi connectivity index (χ0n) is 19.2. The topological polar surface area (TPSA) is 112 Å². The minimum absolute atomic E-state index is 0.285. The van der Waals surface area contributed by atoms with Crippen LogP contribution >= 0.6 is 0 Å². The fraction of sp³-hybridized carbons (Fsp3) is 0.167. The SMILES string of the molecule is CC(C)(C)OC(=O)Nc1cc(-c2cn(-c3ccc4nncn4n3)nc2-c2ccccc2F)ccn1. The molecule has 0 atom stereocenters. The Balaban J connectivity index is 1.59. The van der Waals surface area contributed by atoms with Gasteiger partial charge in [-0.1, -0.05) is 12.1 Å². The maximum atomic E-state index is 14.8. The highest BCUT2D eigenvalue weighted by molar-refractivity contribution is 5.86. The van der Waals surface area contributed by atoms with Gasteiger partial charge in [-0.05, 0) is 62.7 Å². The smallest absolute Gasteiger partial charge is 0.413 e. The predicted molar refractivity (Wildman–Crippen MR) is 126 cm³/mol. The average Bonchev–Trinajstić information content (AvgIpc) is 3.45. The summed E-state index contributed by atoms with van der Waals surface area (Å²) in [6, 6.07) is 13.3. The molecule has 0 aliphatic rings. The van der Waals surface area contributed by atoms with Crippen molar-refractivity contribution >= 4 is 17.6 Å². The van der Waals surface area contributed by atoms with E-state index in [4.69, 9.17) is 4.74 Å². The summed E-state index contributed by atoms with van der Waals surface area (Å²) in [4.78, 5) is 16.4. The second kappa shape index (κ2) is 8.60. The lowest BCUT2D eigenvalue weighted by Crippen LogP contribution is -2.27. The van der Waals surface area contributed by atoms with E-state index >= 15 is 0 Å². The number of nitrogens with zero attached hydrogens (tertiary/aromatic N) is 7. The number of rotatable bonds is 4. The third-order valence-electron chi connectivity index (χ3n) is 4.93. The Morgan fingerprint density at radius 1 is 1.06 bits per heavy atom.